The van der Waals surface area contributed by atoms with Gasteiger partial charge in [-0.2, -0.15) is 0 Å². The molecule has 1 rings (SSSR count). The fraction of sp³-hybridized carbons (Fsp3) is 1.00. The molecule has 1 aliphatic rings. The summed E-state index contributed by atoms with van der Waals surface area (Å²) in [6, 6.07) is 0.712. The monoisotopic (exact) mass is 215 g/mol. The second kappa shape index (κ2) is 8.08. The van der Waals surface area contributed by atoms with Gasteiger partial charge in [0, 0.05) is 26.4 Å². The van der Waals surface area contributed by atoms with Crippen molar-refractivity contribution in [3.8, 4) is 0 Å². The summed E-state index contributed by atoms with van der Waals surface area (Å²) in [7, 11) is 1.76. The van der Waals surface area contributed by atoms with E-state index < -0.39 is 0 Å². The van der Waals surface area contributed by atoms with Crippen molar-refractivity contribution in [1.82, 2.24) is 5.32 Å². The molecule has 0 unspecified atom stereocenters. The lowest BCUT2D eigenvalue weighted by Gasteiger charge is -2.35. The largest absolute Gasteiger partial charge is 0.385 e. The average Bonchev–Trinajstić information content (AvgIpc) is 2.19. The smallest absolute Gasteiger partial charge is 0.0604 e. The predicted octanol–water partition coefficient (Wildman–Crippen LogP) is 1.96. The summed E-state index contributed by atoms with van der Waals surface area (Å²) in [6.45, 7) is 4.97. The van der Waals surface area contributed by atoms with Crippen molar-refractivity contribution in [1.29, 1.82) is 0 Å². The molecule has 15 heavy (non-hydrogen) atoms. The molecule has 90 valence electrons. The number of nitrogens with one attached hydrogen (secondary N) is 1. The maximum atomic E-state index is 5.51. The van der Waals surface area contributed by atoms with E-state index in [1.165, 1.54) is 32.1 Å². The number of methoxy groups -OCH3 is 1. The number of rotatable bonds is 9. The summed E-state index contributed by atoms with van der Waals surface area (Å²) >= 11 is 0. The molecule has 0 aromatic rings. The van der Waals surface area contributed by atoms with Gasteiger partial charge in [-0.3, -0.25) is 0 Å². The molecule has 3 heteroatoms. The Morgan fingerprint density at radius 1 is 1.20 bits per heavy atom. The zero-order valence-electron chi connectivity index (χ0n) is 10.1. The lowest BCUT2D eigenvalue weighted by Crippen LogP contribution is -2.45. The van der Waals surface area contributed by atoms with Gasteiger partial charge in [0.25, 0.3) is 0 Å². The van der Waals surface area contributed by atoms with Crippen molar-refractivity contribution >= 4 is 0 Å². The van der Waals surface area contributed by atoms with Gasteiger partial charge < -0.3 is 14.8 Å². The molecule has 0 heterocycles. The van der Waals surface area contributed by atoms with Gasteiger partial charge >= 0.3 is 0 Å². The highest BCUT2D eigenvalue weighted by atomic mass is 16.5. The second-order valence-electron chi connectivity index (χ2n) is 4.25. The quantitative estimate of drug-likeness (QED) is 0.596. The normalized spacial score (nSPS) is 25.2. The minimum Gasteiger partial charge on any atom is -0.385 e. The van der Waals surface area contributed by atoms with E-state index in [2.05, 4.69) is 12.2 Å². The van der Waals surface area contributed by atoms with E-state index in [9.17, 15) is 0 Å². The Morgan fingerprint density at radius 2 is 2.00 bits per heavy atom. The summed E-state index contributed by atoms with van der Waals surface area (Å²) in [5, 5.41) is 3.56. The standard InChI is InChI=1S/C12H25NO2/c1-3-15-12-9-11(10-12)13-7-5-4-6-8-14-2/h11-13H,3-10H2,1-2H3. The van der Waals surface area contributed by atoms with Crippen LogP contribution in [0.25, 0.3) is 0 Å². The third-order valence-electron chi connectivity index (χ3n) is 2.96. The van der Waals surface area contributed by atoms with E-state index in [1.807, 2.05) is 0 Å². The van der Waals surface area contributed by atoms with Crippen molar-refractivity contribution in [2.24, 2.45) is 0 Å². The van der Waals surface area contributed by atoms with Crippen molar-refractivity contribution in [3.63, 3.8) is 0 Å². The third kappa shape index (κ3) is 5.50. The molecule has 0 spiro atoms. The Hall–Kier alpha value is -0.120. The van der Waals surface area contributed by atoms with Gasteiger partial charge in [0.05, 0.1) is 6.10 Å². The summed E-state index contributed by atoms with van der Waals surface area (Å²) in [6.07, 6.45) is 6.64. The lowest BCUT2D eigenvalue weighted by atomic mass is 9.89. The fourth-order valence-corrected chi connectivity index (χ4v) is 1.96. The Kier molecular flexibility index (Phi) is 6.98. The summed E-state index contributed by atoms with van der Waals surface area (Å²) < 4.78 is 10.5. The molecular weight excluding hydrogens is 190 g/mol. The predicted molar refractivity (Wildman–Crippen MR) is 62.2 cm³/mol. The topological polar surface area (TPSA) is 30.5 Å². The second-order valence-corrected chi connectivity index (χ2v) is 4.25. The van der Waals surface area contributed by atoms with Crippen LogP contribution in [-0.4, -0.2) is 39.0 Å². The van der Waals surface area contributed by atoms with Crippen molar-refractivity contribution in [2.75, 3.05) is 26.9 Å². The van der Waals surface area contributed by atoms with Crippen LogP contribution in [0.15, 0.2) is 0 Å². The Labute approximate surface area is 93.5 Å². The maximum absolute atomic E-state index is 5.51. The molecule has 0 aromatic heterocycles. The van der Waals surface area contributed by atoms with Crippen LogP contribution in [0.2, 0.25) is 0 Å². The summed E-state index contributed by atoms with van der Waals surface area (Å²) in [5.41, 5.74) is 0. The van der Waals surface area contributed by atoms with E-state index in [4.69, 9.17) is 9.47 Å². The molecule has 0 aliphatic heterocycles. The van der Waals surface area contributed by atoms with E-state index in [-0.39, 0.29) is 0 Å². The van der Waals surface area contributed by atoms with Gasteiger partial charge in [-0.1, -0.05) is 0 Å². The Morgan fingerprint density at radius 3 is 2.67 bits per heavy atom. The van der Waals surface area contributed by atoms with Crippen molar-refractivity contribution < 1.29 is 9.47 Å². The maximum Gasteiger partial charge on any atom is 0.0604 e. The minimum absolute atomic E-state index is 0.529. The zero-order valence-corrected chi connectivity index (χ0v) is 10.1. The fourth-order valence-electron chi connectivity index (χ4n) is 1.96. The number of ether oxygens (including phenoxy) is 2. The zero-order chi connectivity index (χ0) is 10.9. The average molecular weight is 215 g/mol. The Balaban J connectivity index is 1.78. The number of hydrogen-bond donors (Lipinski definition) is 1. The highest BCUT2D eigenvalue weighted by Gasteiger charge is 2.28. The molecule has 0 amide bonds. The first-order valence-electron chi connectivity index (χ1n) is 6.20. The van der Waals surface area contributed by atoms with Gasteiger partial charge in [0.15, 0.2) is 0 Å². The molecule has 1 aliphatic carbocycles. The molecule has 1 N–H and O–H groups in total. The van der Waals surface area contributed by atoms with Gasteiger partial charge in [0.2, 0.25) is 0 Å². The first-order chi connectivity index (χ1) is 7.36. The molecule has 0 atom stereocenters. The van der Waals surface area contributed by atoms with E-state index in [0.29, 0.717) is 12.1 Å². The first kappa shape index (κ1) is 12.9. The van der Waals surface area contributed by atoms with Crippen LogP contribution < -0.4 is 5.32 Å². The Bertz CT molecular complexity index is 147. The van der Waals surface area contributed by atoms with E-state index >= 15 is 0 Å². The van der Waals surface area contributed by atoms with Crippen LogP contribution in [0.3, 0.4) is 0 Å². The first-order valence-corrected chi connectivity index (χ1v) is 6.20. The molecule has 0 aromatic carbocycles. The molecule has 0 saturated heterocycles. The summed E-state index contributed by atoms with van der Waals surface area (Å²) in [5.74, 6) is 0. The van der Waals surface area contributed by atoms with Crippen LogP contribution in [0, 0.1) is 0 Å². The SMILES string of the molecule is CCOC1CC(NCCCCCOC)C1. The van der Waals surface area contributed by atoms with Crippen molar-refractivity contribution in [3.05, 3.63) is 0 Å². The van der Waals surface area contributed by atoms with Crippen LogP contribution >= 0.6 is 0 Å². The molecular formula is C12H25NO2. The highest BCUT2D eigenvalue weighted by Crippen LogP contribution is 2.22. The van der Waals surface area contributed by atoms with Crippen LogP contribution in [0.1, 0.15) is 39.0 Å². The van der Waals surface area contributed by atoms with Gasteiger partial charge in [-0.15, -0.1) is 0 Å². The molecule has 3 nitrogen and oxygen atoms in total. The number of unbranched alkanes of at least 4 members (excludes halogenated alkanes) is 2. The van der Waals surface area contributed by atoms with Gasteiger partial charge in [0.1, 0.15) is 0 Å². The molecule has 1 saturated carbocycles. The van der Waals surface area contributed by atoms with Crippen LogP contribution in [0.5, 0.6) is 0 Å². The molecule has 0 radical (unpaired) electrons. The van der Waals surface area contributed by atoms with Gasteiger partial charge in [-0.05, 0) is 45.6 Å². The van der Waals surface area contributed by atoms with E-state index in [1.54, 1.807) is 7.11 Å². The van der Waals surface area contributed by atoms with Crippen molar-refractivity contribution in [2.45, 2.75) is 51.2 Å². The van der Waals surface area contributed by atoms with E-state index in [0.717, 1.165) is 19.8 Å². The molecule has 1 fully saturated rings. The van der Waals surface area contributed by atoms with Gasteiger partial charge in [-0.25, -0.2) is 0 Å². The summed E-state index contributed by atoms with van der Waals surface area (Å²) in [4.78, 5) is 0. The third-order valence-corrected chi connectivity index (χ3v) is 2.96. The number of hydrogen-bond acceptors (Lipinski definition) is 3. The lowest BCUT2D eigenvalue weighted by molar-refractivity contribution is -0.00977. The highest BCUT2D eigenvalue weighted by molar-refractivity contribution is 4.85. The molecule has 0 bridgehead atoms. The van der Waals surface area contributed by atoms with Crippen LogP contribution in [-0.2, 0) is 9.47 Å². The van der Waals surface area contributed by atoms with Crippen LogP contribution in [0.4, 0.5) is 0 Å². The minimum atomic E-state index is 0.529.